The Morgan fingerprint density at radius 1 is 0.875 bits per heavy atom. The van der Waals surface area contributed by atoms with E-state index in [0.29, 0.717) is 39.0 Å². The largest absolute Gasteiger partial charge is 0.446 e. The fourth-order valence-electron chi connectivity index (χ4n) is 5.08. The van der Waals surface area contributed by atoms with Crippen LogP contribution in [0.3, 0.4) is 0 Å². The third-order valence-corrected chi connectivity index (χ3v) is 6.91. The summed E-state index contributed by atoms with van der Waals surface area (Å²) in [5, 5.41) is 9.25. The number of likely N-dealkylation sites (tertiary alicyclic amines) is 1. The molecule has 2 unspecified atom stereocenters. The van der Waals surface area contributed by atoms with E-state index >= 15 is 0 Å². The molecule has 0 aromatic heterocycles. The number of nitrogens with zero attached hydrogens (tertiary/aromatic N) is 3. The summed E-state index contributed by atoms with van der Waals surface area (Å²) < 4.78 is 5.63. The van der Waals surface area contributed by atoms with Gasteiger partial charge in [-0.3, -0.25) is 14.8 Å². The molecule has 2 aliphatic heterocycles. The number of piperazine rings is 1. The van der Waals surface area contributed by atoms with Gasteiger partial charge in [0.15, 0.2) is 0 Å². The first-order valence-electron chi connectivity index (χ1n) is 11.5. The molecular weight excluding hydrogens is 412 g/mol. The lowest BCUT2D eigenvalue weighted by molar-refractivity contribution is -0.149. The highest BCUT2D eigenvalue weighted by molar-refractivity contribution is 5.87. The molecule has 1 aromatic carbocycles. The molecule has 9 heteroatoms. The Morgan fingerprint density at radius 3 is 2.22 bits per heavy atom. The van der Waals surface area contributed by atoms with Gasteiger partial charge in [0, 0.05) is 45.0 Å². The number of carbonyl (C=O) groups is 3. The standard InChI is InChI=1S/C23H32N4O5/c28-21(24-31)20-16-18(32-23(30)27-10-4-5-11-27)8-9-19(20)22(29)26-14-12-25(13-15-26)17-6-2-1-3-7-17/h1-3,6-7,18-20,31H,4-5,8-16H2,(H,24,28)/t18?,19-,20?/m0/s1. The van der Waals surface area contributed by atoms with Crippen LogP contribution in [0.15, 0.2) is 30.3 Å². The van der Waals surface area contributed by atoms with Crippen molar-refractivity contribution in [3.63, 3.8) is 0 Å². The van der Waals surface area contributed by atoms with Crippen molar-refractivity contribution >= 4 is 23.6 Å². The molecule has 3 fully saturated rings. The van der Waals surface area contributed by atoms with Crippen molar-refractivity contribution in [3.05, 3.63) is 30.3 Å². The molecule has 3 aliphatic rings. The summed E-state index contributed by atoms with van der Waals surface area (Å²) in [6.07, 6.45) is 2.41. The van der Waals surface area contributed by atoms with Crippen LogP contribution in [-0.4, -0.2) is 78.3 Å². The van der Waals surface area contributed by atoms with E-state index in [2.05, 4.69) is 17.0 Å². The number of rotatable bonds is 4. The Balaban J connectivity index is 1.35. The lowest BCUT2D eigenvalue weighted by atomic mass is 9.76. The molecule has 9 nitrogen and oxygen atoms in total. The molecule has 1 saturated carbocycles. The number of hydrogen-bond acceptors (Lipinski definition) is 6. The molecule has 2 saturated heterocycles. The van der Waals surface area contributed by atoms with Crippen LogP contribution in [0.25, 0.3) is 0 Å². The number of nitrogens with one attached hydrogen (secondary N) is 1. The van der Waals surface area contributed by atoms with E-state index in [1.807, 2.05) is 23.1 Å². The van der Waals surface area contributed by atoms with Gasteiger partial charge in [-0.15, -0.1) is 0 Å². The molecule has 1 aromatic rings. The smallest absolute Gasteiger partial charge is 0.410 e. The summed E-state index contributed by atoms with van der Waals surface area (Å²) in [7, 11) is 0. The Labute approximate surface area is 188 Å². The average molecular weight is 445 g/mol. The van der Waals surface area contributed by atoms with Crippen LogP contribution in [0.4, 0.5) is 10.5 Å². The van der Waals surface area contributed by atoms with Crippen molar-refractivity contribution in [2.24, 2.45) is 11.8 Å². The van der Waals surface area contributed by atoms with Crippen LogP contribution in [-0.2, 0) is 14.3 Å². The second-order valence-corrected chi connectivity index (χ2v) is 8.85. The van der Waals surface area contributed by atoms with Crippen LogP contribution < -0.4 is 10.4 Å². The SMILES string of the molecule is O=C(NO)C1CC(OC(=O)N2CCCC2)CC[C@@H]1C(=O)N1CCN(c2ccccc2)CC1. The summed E-state index contributed by atoms with van der Waals surface area (Å²) in [5.41, 5.74) is 2.85. The molecule has 3 atom stereocenters. The molecule has 4 rings (SSSR count). The van der Waals surface area contributed by atoms with Crippen LogP contribution in [0, 0.1) is 11.8 Å². The number of benzene rings is 1. The number of ether oxygens (including phenoxy) is 1. The first-order valence-corrected chi connectivity index (χ1v) is 11.5. The van der Waals surface area contributed by atoms with Crippen LogP contribution >= 0.6 is 0 Å². The lowest BCUT2D eigenvalue weighted by Crippen LogP contribution is -2.53. The molecule has 0 radical (unpaired) electrons. The molecule has 0 spiro atoms. The highest BCUT2D eigenvalue weighted by atomic mass is 16.6. The van der Waals surface area contributed by atoms with Crippen LogP contribution in [0.2, 0.25) is 0 Å². The molecule has 32 heavy (non-hydrogen) atoms. The third kappa shape index (κ3) is 4.98. The fraction of sp³-hybridized carbons (Fsp3) is 0.609. The monoisotopic (exact) mass is 444 g/mol. The zero-order chi connectivity index (χ0) is 22.5. The number of hydroxylamine groups is 1. The summed E-state index contributed by atoms with van der Waals surface area (Å²) >= 11 is 0. The minimum Gasteiger partial charge on any atom is -0.446 e. The van der Waals surface area contributed by atoms with Gasteiger partial charge < -0.3 is 19.4 Å². The number of carbonyl (C=O) groups excluding carboxylic acids is 3. The molecular formula is C23H32N4O5. The molecule has 174 valence electrons. The maximum Gasteiger partial charge on any atom is 0.410 e. The van der Waals surface area contributed by atoms with E-state index < -0.39 is 23.8 Å². The topological polar surface area (TPSA) is 102 Å². The molecule has 2 heterocycles. The summed E-state index contributed by atoms with van der Waals surface area (Å²) in [6, 6.07) is 10.1. The van der Waals surface area contributed by atoms with Gasteiger partial charge in [0.05, 0.1) is 11.8 Å². The van der Waals surface area contributed by atoms with Crippen molar-refractivity contribution in [1.29, 1.82) is 0 Å². The van der Waals surface area contributed by atoms with E-state index in [0.717, 1.165) is 31.6 Å². The third-order valence-electron chi connectivity index (χ3n) is 6.91. The predicted octanol–water partition coefficient (Wildman–Crippen LogP) is 1.86. The Hall–Kier alpha value is -2.81. The number of hydrogen-bond donors (Lipinski definition) is 2. The highest BCUT2D eigenvalue weighted by Crippen LogP contribution is 2.34. The van der Waals surface area contributed by atoms with Gasteiger partial charge in [-0.05, 0) is 44.2 Å². The number of para-hydroxylation sites is 1. The van der Waals surface area contributed by atoms with Crippen molar-refractivity contribution < 1.29 is 24.3 Å². The van der Waals surface area contributed by atoms with Gasteiger partial charge >= 0.3 is 6.09 Å². The zero-order valence-corrected chi connectivity index (χ0v) is 18.3. The highest BCUT2D eigenvalue weighted by Gasteiger charge is 2.43. The van der Waals surface area contributed by atoms with E-state index in [1.54, 1.807) is 10.4 Å². The normalized spacial score (nSPS) is 26.0. The zero-order valence-electron chi connectivity index (χ0n) is 18.3. The fourth-order valence-corrected chi connectivity index (χ4v) is 5.08. The van der Waals surface area contributed by atoms with Gasteiger partial charge in [0.2, 0.25) is 11.8 Å². The molecule has 1 aliphatic carbocycles. The first-order chi connectivity index (χ1) is 15.6. The minimum atomic E-state index is -0.718. The Bertz CT molecular complexity index is 806. The maximum absolute atomic E-state index is 13.3. The van der Waals surface area contributed by atoms with E-state index in [-0.39, 0.29) is 18.4 Å². The number of anilines is 1. The Kier molecular flexibility index (Phi) is 7.14. The van der Waals surface area contributed by atoms with Gasteiger partial charge in [-0.1, -0.05) is 18.2 Å². The summed E-state index contributed by atoms with van der Waals surface area (Å²) in [4.78, 5) is 43.8. The van der Waals surface area contributed by atoms with Crippen molar-refractivity contribution in [2.75, 3.05) is 44.2 Å². The second-order valence-electron chi connectivity index (χ2n) is 8.85. The molecule has 3 amide bonds. The Morgan fingerprint density at radius 2 is 1.56 bits per heavy atom. The van der Waals surface area contributed by atoms with Gasteiger partial charge in [-0.2, -0.15) is 0 Å². The minimum absolute atomic E-state index is 0.0596. The quantitative estimate of drug-likeness (QED) is 0.543. The van der Waals surface area contributed by atoms with Crippen LogP contribution in [0.1, 0.15) is 32.1 Å². The lowest BCUT2D eigenvalue weighted by Gasteiger charge is -2.40. The molecule has 0 bridgehead atoms. The molecule has 2 N–H and O–H groups in total. The van der Waals surface area contributed by atoms with Gasteiger partial charge in [-0.25, -0.2) is 10.3 Å². The maximum atomic E-state index is 13.3. The van der Waals surface area contributed by atoms with Gasteiger partial charge in [0.25, 0.3) is 0 Å². The summed E-state index contributed by atoms with van der Waals surface area (Å²) in [5.74, 6) is -1.89. The van der Waals surface area contributed by atoms with E-state index in [1.165, 1.54) is 0 Å². The predicted molar refractivity (Wildman–Crippen MR) is 117 cm³/mol. The van der Waals surface area contributed by atoms with E-state index in [4.69, 9.17) is 4.74 Å². The summed E-state index contributed by atoms with van der Waals surface area (Å²) in [6.45, 7) is 4.03. The number of amides is 3. The second kappa shape index (κ2) is 10.2. The van der Waals surface area contributed by atoms with Crippen LogP contribution in [0.5, 0.6) is 0 Å². The van der Waals surface area contributed by atoms with Crippen molar-refractivity contribution in [3.8, 4) is 0 Å². The average Bonchev–Trinajstić information content (AvgIpc) is 3.39. The van der Waals surface area contributed by atoms with Crippen molar-refractivity contribution in [2.45, 2.75) is 38.2 Å². The first kappa shape index (κ1) is 22.4. The van der Waals surface area contributed by atoms with Gasteiger partial charge in [0.1, 0.15) is 6.10 Å². The van der Waals surface area contributed by atoms with Crippen molar-refractivity contribution in [1.82, 2.24) is 15.3 Å². The van der Waals surface area contributed by atoms with E-state index in [9.17, 15) is 19.6 Å².